The van der Waals surface area contributed by atoms with Crippen molar-refractivity contribution in [2.75, 3.05) is 11.9 Å². The van der Waals surface area contributed by atoms with Crippen LogP contribution in [0.4, 0.5) is 5.69 Å². The first-order valence-corrected chi connectivity index (χ1v) is 6.61. The summed E-state index contributed by atoms with van der Waals surface area (Å²) in [6.07, 6.45) is 0. The number of rotatable bonds is 4. The molecule has 3 amide bonds. The summed E-state index contributed by atoms with van der Waals surface area (Å²) in [7, 11) is 0. The van der Waals surface area contributed by atoms with Crippen LogP contribution >= 0.6 is 0 Å². The second kappa shape index (κ2) is 5.69. The summed E-state index contributed by atoms with van der Waals surface area (Å²) in [4.78, 5) is 34.8. The van der Waals surface area contributed by atoms with E-state index in [0.29, 0.717) is 17.0 Å². The lowest BCUT2D eigenvalue weighted by Crippen LogP contribution is -2.20. The van der Waals surface area contributed by atoms with Crippen LogP contribution in [0, 0.1) is 0 Å². The smallest absolute Gasteiger partial charge is 0.262 e. The normalized spacial score (nSPS) is 12.5. The highest BCUT2D eigenvalue weighted by atomic mass is 16.5. The van der Waals surface area contributed by atoms with E-state index in [1.165, 1.54) is 12.1 Å². The predicted octanol–water partition coefficient (Wildman–Crippen LogP) is 1.59. The van der Waals surface area contributed by atoms with Gasteiger partial charge in [-0.3, -0.25) is 19.7 Å². The minimum atomic E-state index is -0.461. The molecule has 1 aliphatic heterocycles. The molecule has 2 aromatic carbocycles. The van der Waals surface area contributed by atoms with Gasteiger partial charge in [-0.15, -0.1) is 0 Å². The molecule has 6 nitrogen and oxygen atoms in total. The summed E-state index contributed by atoms with van der Waals surface area (Å²) in [5.41, 5.74) is 1.00. The Labute approximate surface area is 126 Å². The van der Waals surface area contributed by atoms with Gasteiger partial charge in [0.2, 0.25) is 0 Å². The second-order valence-corrected chi connectivity index (χ2v) is 4.69. The van der Waals surface area contributed by atoms with Gasteiger partial charge in [0.05, 0.1) is 11.1 Å². The van der Waals surface area contributed by atoms with Crippen molar-refractivity contribution < 1.29 is 19.1 Å². The van der Waals surface area contributed by atoms with Gasteiger partial charge < -0.3 is 10.1 Å². The maximum absolute atomic E-state index is 11.8. The highest BCUT2D eigenvalue weighted by Crippen LogP contribution is 2.20. The van der Waals surface area contributed by atoms with E-state index in [-0.39, 0.29) is 18.1 Å². The maximum Gasteiger partial charge on any atom is 0.262 e. The van der Waals surface area contributed by atoms with Gasteiger partial charge in [-0.05, 0) is 30.3 Å². The molecule has 0 aromatic heterocycles. The lowest BCUT2D eigenvalue weighted by atomic mass is 10.1. The minimum absolute atomic E-state index is 0.147. The number of para-hydroxylation sites is 1. The molecule has 0 spiro atoms. The summed E-state index contributed by atoms with van der Waals surface area (Å²) >= 11 is 0. The van der Waals surface area contributed by atoms with E-state index < -0.39 is 11.8 Å². The van der Waals surface area contributed by atoms with Crippen LogP contribution in [0.5, 0.6) is 5.75 Å². The Kier molecular flexibility index (Phi) is 3.57. The van der Waals surface area contributed by atoms with Crippen LogP contribution in [0.1, 0.15) is 20.7 Å². The SMILES string of the molecule is O=C(COc1ccccc1)Nc1ccc2c(c1)C(=O)NC2=O. The lowest BCUT2D eigenvalue weighted by molar-refractivity contribution is -0.118. The van der Waals surface area contributed by atoms with Crippen LogP contribution in [0.3, 0.4) is 0 Å². The zero-order chi connectivity index (χ0) is 15.5. The zero-order valence-corrected chi connectivity index (χ0v) is 11.5. The van der Waals surface area contributed by atoms with E-state index in [1.807, 2.05) is 18.2 Å². The minimum Gasteiger partial charge on any atom is -0.484 e. The molecular formula is C16H12N2O4. The molecule has 0 radical (unpaired) electrons. The molecule has 0 saturated heterocycles. The van der Waals surface area contributed by atoms with Gasteiger partial charge in [0.15, 0.2) is 6.61 Å². The number of imide groups is 1. The van der Waals surface area contributed by atoms with Crippen LogP contribution in [0.25, 0.3) is 0 Å². The summed E-state index contributed by atoms with van der Waals surface area (Å²) in [5.74, 6) is -0.646. The van der Waals surface area contributed by atoms with Crippen molar-refractivity contribution in [2.45, 2.75) is 0 Å². The van der Waals surface area contributed by atoms with E-state index in [4.69, 9.17) is 4.74 Å². The third-order valence-electron chi connectivity index (χ3n) is 3.13. The number of hydrogen-bond donors (Lipinski definition) is 2. The van der Waals surface area contributed by atoms with Crippen molar-refractivity contribution in [1.82, 2.24) is 5.32 Å². The molecule has 0 unspecified atom stereocenters. The van der Waals surface area contributed by atoms with E-state index in [0.717, 1.165) is 0 Å². The average Bonchev–Trinajstić information content (AvgIpc) is 2.81. The van der Waals surface area contributed by atoms with Crippen LogP contribution < -0.4 is 15.4 Å². The molecule has 0 saturated carbocycles. The van der Waals surface area contributed by atoms with E-state index in [9.17, 15) is 14.4 Å². The fraction of sp³-hybridized carbons (Fsp3) is 0.0625. The number of nitrogens with one attached hydrogen (secondary N) is 2. The van der Waals surface area contributed by atoms with Crippen molar-refractivity contribution in [3.05, 3.63) is 59.7 Å². The van der Waals surface area contributed by atoms with Crippen molar-refractivity contribution >= 4 is 23.4 Å². The van der Waals surface area contributed by atoms with Crippen LogP contribution in [0.15, 0.2) is 48.5 Å². The molecule has 0 aliphatic carbocycles. The molecule has 1 heterocycles. The van der Waals surface area contributed by atoms with Gasteiger partial charge in [-0.2, -0.15) is 0 Å². The van der Waals surface area contributed by atoms with Gasteiger partial charge in [-0.25, -0.2) is 0 Å². The number of amides is 3. The van der Waals surface area contributed by atoms with E-state index in [1.54, 1.807) is 18.2 Å². The molecule has 3 rings (SSSR count). The summed E-state index contributed by atoms with van der Waals surface area (Å²) < 4.78 is 5.33. The van der Waals surface area contributed by atoms with Crippen molar-refractivity contribution in [3.63, 3.8) is 0 Å². The summed E-state index contributed by atoms with van der Waals surface area (Å²) in [5, 5.41) is 4.82. The van der Waals surface area contributed by atoms with Gasteiger partial charge >= 0.3 is 0 Å². The Morgan fingerprint density at radius 2 is 1.73 bits per heavy atom. The molecule has 6 heteroatoms. The van der Waals surface area contributed by atoms with Crippen LogP contribution in [-0.4, -0.2) is 24.3 Å². The Hall–Kier alpha value is -3.15. The quantitative estimate of drug-likeness (QED) is 0.839. The van der Waals surface area contributed by atoms with Gasteiger partial charge in [0.1, 0.15) is 5.75 Å². The standard InChI is InChI=1S/C16H12N2O4/c19-14(9-22-11-4-2-1-3-5-11)17-10-6-7-12-13(8-10)16(21)18-15(12)20/h1-8H,9H2,(H,17,19)(H,18,20,21). The molecule has 110 valence electrons. The average molecular weight is 296 g/mol. The number of carbonyl (C=O) groups excluding carboxylic acids is 3. The van der Waals surface area contributed by atoms with Crippen molar-refractivity contribution in [3.8, 4) is 5.75 Å². The predicted molar refractivity (Wildman–Crippen MR) is 78.8 cm³/mol. The molecule has 1 aliphatic rings. The van der Waals surface area contributed by atoms with E-state index in [2.05, 4.69) is 10.6 Å². The van der Waals surface area contributed by atoms with E-state index >= 15 is 0 Å². The zero-order valence-electron chi connectivity index (χ0n) is 11.5. The third kappa shape index (κ3) is 2.80. The monoisotopic (exact) mass is 296 g/mol. The molecule has 0 fully saturated rings. The molecule has 22 heavy (non-hydrogen) atoms. The Balaban J connectivity index is 1.64. The molecule has 2 N–H and O–H groups in total. The number of carbonyl (C=O) groups is 3. The lowest BCUT2D eigenvalue weighted by Gasteiger charge is -2.08. The van der Waals surface area contributed by atoms with Crippen LogP contribution in [-0.2, 0) is 4.79 Å². The molecule has 0 bridgehead atoms. The number of fused-ring (bicyclic) bond motifs is 1. The second-order valence-electron chi connectivity index (χ2n) is 4.69. The summed E-state index contributed by atoms with van der Waals surface area (Å²) in [6.45, 7) is -0.147. The van der Waals surface area contributed by atoms with Gasteiger partial charge in [-0.1, -0.05) is 18.2 Å². The number of hydrogen-bond acceptors (Lipinski definition) is 4. The first-order valence-electron chi connectivity index (χ1n) is 6.61. The number of benzene rings is 2. The fourth-order valence-corrected chi connectivity index (χ4v) is 2.11. The molecular weight excluding hydrogens is 284 g/mol. The van der Waals surface area contributed by atoms with Crippen molar-refractivity contribution in [2.24, 2.45) is 0 Å². The topological polar surface area (TPSA) is 84.5 Å². The number of anilines is 1. The first kappa shape index (κ1) is 13.8. The molecule has 0 atom stereocenters. The highest BCUT2D eigenvalue weighted by Gasteiger charge is 2.26. The largest absolute Gasteiger partial charge is 0.484 e. The first-order chi connectivity index (χ1) is 10.6. The third-order valence-corrected chi connectivity index (χ3v) is 3.13. The van der Waals surface area contributed by atoms with Crippen LogP contribution in [0.2, 0.25) is 0 Å². The van der Waals surface area contributed by atoms with Crippen molar-refractivity contribution in [1.29, 1.82) is 0 Å². The Morgan fingerprint density at radius 1 is 1.00 bits per heavy atom. The fourth-order valence-electron chi connectivity index (χ4n) is 2.11. The molecule has 2 aromatic rings. The maximum atomic E-state index is 11.8. The Morgan fingerprint density at radius 3 is 2.50 bits per heavy atom. The van der Waals surface area contributed by atoms with Gasteiger partial charge in [0, 0.05) is 5.69 Å². The summed E-state index contributed by atoms with van der Waals surface area (Å²) in [6, 6.07) is 13.5. The number of ether oxygens (including phenoxy) is 1. The Bertz CT molecular complexity index is 756. The van der Waals surface area contributed by atoms with Gasteiger partial charge in [0.25, 0.3) is 17.7 Å². The highest BCUT2D eigenvalue weighted by molar-refractivity contribution is 6.22.